The molecule has 0 amide bonds. The van der Waals surface area contributed by atoms with E-state index in [0.717, 1.165) is 18.7 Å². The average molecular weight is 170 g/mol. The van der Waals surface area contributed by atoms with Crippen molar-refractivity contribution in [3.63, 3.8) is 0 Å². The highest BCUT2D eigenvalue weighted by Crippen LogP contribution is 1.94. The first-order valence-corrected chi connectivity index (χ1v) is 4.42. The third-order valence-corrected chi connectivity index (χ3v) is 1.78. The number of rotatable bonds is 5. The average Bonchev–Trinajstić information content (AvgIpc) is 2.10. The Labute approximate surface area is 74.2 Å². The molecule has 0 aliphatic carbocycles. The summed E-state index contributed by atoms with van der Waals surface area (Å²) < 4.78 is 0. The number of hydrogen-bond donors (Lipinski definition) is 1. The maximum Gasteiger partial charge on any atom is 0.0971 e. The molecule has 0 aromatic carbocycles. The molecule has 0 aliphatic rings. The Morgan fingerprint density at radius 3 is 2.33 bits per heavy atom. The van der Waals surface area contributed by atoms with Gasteiger partial charge in [0.1, 0.15) is 0 Å². The van der Waals surface area contributed by atoms with Crippen LogP contribution in [0.15, 0.2) is 10.1 Å². The van der Waals surface area contributed by atoms with Gasteiger partial charge in [-0.25, -0.2) is 0 Å². The Bertz CT molecular complexity index is 173. The van der Waals surface area contributed by atoms with Gasteiger partial charge in [-0.15, -0.1) is 0 Å². The van der Waals surface area contributed by atoms with E-state index >= 15 is 0 Å². The van der Waals surface area contributed by atoms with Gasteiger partial charge in [-0.1, -0.05) is 24.9 Å². The molecule has 0 heterocycles. The topological polar surface area (TPSA) is 45.0 Å². The van der Waals surface area contributed by atoms with Crippen molar-refractivity contribution in [1.29, 1.82) is 0 Å². The summed E-state index contributed by atoms with van der Waals surface area (Å²) in [7, 11) is 0. The van der Waals surface area contributed by atoms with Gasteiger partial charge in [0.2, 0.25) is 0 Å². The van der Waals surface area contributed by atoms with Crippen molar-refractivity contribution in [3.8, 4) is 0 Å². The number of unbranched alkanes of at least 4 members (excludes halogenated alkanes) is 2. The maximum atomic E-state index is 8.42. The molecule has 0 saturated heterocycles. The van der Waals surface area contributed by atoms with Crippen LogP contribution >= 0.6 is 0 Å². The molecule has 70 valence electrons. The largest absolute Gasteiger partial charge is 0.411 e. The number of hydrogen-bond acceptors (Lipinski definition) is 3. The van der Waals surface area contributed by atoms with Crippen molar-refractivity contribution in [2.24, 2.45) is 10.1 Å². The van der Waals surface area contributed by atoms with Crippen LogP contribution in [0.5, 0.6) is 0 Å². The van der Waals surface area contributed by atoms with Crippen molar-refractivity contribution < 1.29 is 5.21 Å². The molecule has 3 heteroatoms. The second-order valence-corrected chi connectivity index (χ2v) is 2.86. The summed E-state index contributed by atoms with van der Waals surface area (Å²) in [6.45, 7) is 6.61. The number of aliphatic imine (C=N–C) groups is 1. The quantitative estimate of drug-likeness (QED) is 0.293. The zero-order chi connectivity index (χ0) is 9.40. The molecule has 0 aliphatic heterocycles. The van der Waals surface area contributed by atoms with Gasteiger partial charge >= 0.3 is 0 Å². The van der Waals surface area contributed by atoms with Crippen molar-refractivity contribution in [2.45, 2.75) is 40.0 Å². The molecule has 3 nitrogen and oxygen atoms in total. The van der Waals surface area contributed by atoms with Gasteiger partial charge in [0.15, 0.2) is 0 Å². The minimum absolute atomic E-state index is 0.603. The Kier molecular flexibility index (Phi) is 6.34. The van der Waals surface area contributed by atoms with Crippen molar-refractivity contribution >= 4 is 11.4 Å². The van der Waals surface area contributed by atoms with E-state index < -0.39 is 0 Å². The van der Waals surface area contributed by atoms with Gasteiger partial charge in [-0.05, 0) is 20.3 Å². The van der Waals surface area contributed by atoms with Gasteiger partial charge in [-0.2, -0.15) is 0 Å². The second-order valence-electron chi connectivity index (χ2n) is 2.86. The molecule has 0 unspecified atom stereocenters. The fourth-order valence-electron chi connectivity index (χ4n) is 0.795. The molecule has 1 N–H and O–H groups in total. The predicted octanol–water partition coefficient (Wildman–Crippen LogP) is 2.49. The summed E-state index contributed by atoms with van der Waals surface area (Å²) in [6, 6.07) is 0. The van der Waals surface area contributed by atoms with Crippen LogP contribution in [0, 0.1) is 0 Å². The van der Waals surface area contributed by atoms with E-state index in [0.29, 0.717) is 5.71 Å². The van der Waals surface area contributed by atoms with Crippen LogP contribution in [-0.2, 0) is 0 Å². The summed E-state index contributed by atoms with van der Waals surface area (Å²) in [5.74, 6) is 0. The third-order valence-electron chi connectivity index (χ3n) is 1.78. The van der Waals surface area contributed by atoms with Crippen molar-refractivity contribution in [2.75, 3.05) is 6.54 Å². The molecule has 0 saturated carbocycles. The fourth-order valence-corrected chi connectivity index (χ4v) is 0.795. The number of nitrogens with zero attached hydrogens (tertiary/aromatic N) is 2. The van der Waals surface area contributed by atoms with Gasteiger partial charge in [-0.3, -0.25) is 4.99 Å². The molecular weight excluding hydrogens is 152 g/mol. The molecule has 0 aromatic rings. The lowest BCUT2D eigenvalue weighted by atomic mass is 10.2. The Morgan fingerprint density at radius 2 is 1.83 bits per heavy atom. The minimum Gasteiger partial charge on any atom is -0.411 e. The minimum atomic E-state index is 0.603. The highest BCUT2D eigenvalue weighted by atomic mass is 16.4. The molecule has 0 fully saturated rings. The summed E-state index contributed by atoms with van der Waals surface area (Å²) in [5, 5.41) is 11.5. The lowest BCUT2D eigenvalue weighted by Crippen LogP contribution is -2.06. The van der Waals surface area contributed by atoms with E-state index in [-0.39, 0.29) is 0 Å². The fraction of sp³-hybridized carbons (Fsp3) is 0.778. The molecule has 0 rings (SSSR count). The Balaban J connectivity index is 3.69. The second kappa shape index (κ2) is 6.83. The van der Waals surface area contributed by atoms with E-state index in [1.807, 2.05) is 6.92 Å². The molecular formula is C9H18N2O. The third kappa shape index (κ3) is 4.88. The van der Waals surface area contributed by atoms with Crippen LogP contribution < -0.4 is 0 Å². The lowest BCUT2D eigenvalue weighted by molar-refractivity contribution is 0.320. The van der Waals surface area contributed by atoms with E-state index in [1.165, 1.54) is 12.8 Å². The normalized spacial score (nSPS) is 13.6. The van der Waals surface area contributed by atoms with Crippen LogP contribution in [0.4, 0.5) is 0 Å². The van der Waals surface area contributed by atoms with Crippen LogP contribution in [0.25, 0.3) is 0 Å². The highest BCUT2D eigenvalue weighted by molar-refractivity contribution is 6.40. The van der Waals surface area contributed by atoms with Crippen molar-refractivity contribution in [1.82, 2.24) is 0 Å². The van der Waals surface area contributed by atoms with E-state index in [4.69, 9.17) is 5.21 Å². The molecule has 0 bridgehead atoms. The van der Waals surface area contributed by atoms with E-state index in [1.54, 1.807) is 6.92 Å². The predicted molar refractivity (Wildman–Crippen MR) is 52.4 cm³/mol. The summed E-state index contributed by atoms with van der Waals surface area (Å²) >= 11 is 0. The van der Waals surface area contributed by atoms with Gasteiger partial charge in [0.25, 0.3) is 0 Å². The molecule has 0 atom stereocenters. The lowest BCUT2D eigenvalue weighted by Gasteiger charge is -1.97. The Hall–Kier alpha value is -0.860. The molecule has 0 aromatic heterocycles. The first-order chi connectivity index (χ1) is 5.72. The SMILES string of the molecule is CCCCC/N=C(C)\C(C)=N/O. The summed E-state index contributed by atoms with van der Waals surface area (Å²) in [4.78, 5) is 4.26. The van der Waals surface area contributed by atoms with Gasteiger partial charge in [0, 0.05) is 6.54 Å². The number of oxime groups is 1. The smallest absolute Gasteiger partial charge is 0.0971 e. The first-order valence-electron chi connectivity index (χ1n) is 4.42. The first kappa shape index (κ1) is 11.1. The molecule has 12 heavy (non-hydrogen) atoms. The molecule has 0 spiro atoms. The highest BCUT2D eigenvalue weighted by Gasteiger charge is 1.94. The standard InChI is InChI=1S/C9H18N2O/c1-4-5-6-7-10-8(2)9(3)11-12/h12H,4-7H2,1-3H3/b10-8-,11-9-. The summed E-state index contributed by atoms with van der Waals surface area (Å²) in [5.41, 5.74) is 1.43. The van der Waals surface area contributed by atoms with Crippen LogP contribution in [0.1, 0.15) is 40.0 Å². The summed E-state index contributed by atoms with van der Waals surface area (Å²) in [6.07, 6.45) is 3.54. The zero-order valence-electron chi connectivity index (χ0n) is 8.17. The monoisotopic (exact) mass is 170 g/mol. The maximum absolute atomic E-state index is 8.42. The molecule has 0 radical (unpaired) electrons. The Morgan fingerprint density at radius 1 is 1.17 bits per heavy atom. The van der Waals surface area contributed by atoms with E-state index in [2.05, 4.69) is 17.1 Å². The van der Waals surface area contributed by atoms with Crippen molar-refractivity contribution in [3.05, 3.63) is 0 Å². The zero-order valence-corrected chi connectivity index (χ0v) is 8.17. The van der Waals surface area contributed by atoms with Crippen LogP contribution in [-0.4, -0.2) is 23.2 Å². The van der Waals surface area contributed by atoms with Crippen LogP contribution in [0.3, 0.4) is 0 Å². The van der Waals surface area contributed by atoms with Gasteiger partial charge in [0.05, 0.1) is 11.4 Å². The van der Waals surface area contributed by atoms with Gasteiger partial charge < -0.3 is 5.21 Å². The van der Waals surface area contributed by atoms with E-state index in [9.17, 15) is 0 Å². The van der Waals surface area contributed by atoms with Crippen LogP contribution in [0.2, 0.25) is 0 Å².